The van der Waals surface area contributed by atoms with Crippen LogP contribution in [0.5, 0.6) is 0 Å². The maximum Gasteiger partial charge on any atom is 0.140 e. The first-order valence-corrected chi connectivity index (χ1v) is 3.04. The Kier molecular flexibility index (Phi) is 0.974. The van der Waals surface area contributed by atoms with Crippen LogP contribution in [0, 0.1) is 13.1 Å². The van der Waals surface area contributed by atoms with Crippen molar-refractivity contribution in [2.45, 2.75) is 6.92 Å². The van der Waals surface area contributed by atoms with Gasteiger partial charge in [0, 0.05) is 18.0 Å². The first-order chi connectivity index (χ1) is 4.86. The Labute approximate surface area is 58.4 Å². The molecule has 0 saturated carbocycles. The Morgan fingerprint density at radius 1 is 1.60 bits per heavy atom. The quantitative estimate of drug-likeness (QED) is 0.531. The van der Waals surface area contributed by atoms with Crippen LogP contribution in [0.4, 0.5) is 0 Å². The largest absolute Gasteiger partial charge is 0.290 e. The molecule has 2 aromatic rings. The van der Waals surface area contributed by atoms with Crippen LogP contribution < -0.4 is 0 Å². The van der Waals surface area contributed by atoms with Gasteiger partial charge in [0.05, 0.1) is 0 Å². The minimum absolute atomic E-state index is 0.896. The molecule has 2 heterocycles. The molecule has 0 atom stereocenters. The highest BCUT2D eigenvalue weighted by Gasteiger charge is 1.91. The lowest BCUT2D eigenvalue weighted by atomic mass is 10.4. The summed E-state index contributed by atoms with van der Waals surface area (Å²) < 4.78 is 1.83. The van der Waals surface area contributed by atoms with E-state index in [0.29, 0.717) is 0 Å². The fourth-order valence-corrected chi connectivity index (χ4v) is 0.858. The number of fused-ring (bicyclic) bond motifs is 1. The van der Waals surface area contributed by atoms with Crippen molar-refractivity contribution in [3.63, 3.8) is 0 Å². The Bertz CT molecular complexity index is 350. The monoisotopic (exact) mass is 132 g/mol. The number of hydrogen-bond donors (Lipinski definition) is 0. The van der Waals surface area contributed by atoms with E-state index < -0.39 is 0 Å². The first kappa shape index (κ1) is 5.41. The van der Waals surface area contributed by atoms with E-state index in [1.165, 1.54) is 0 Å². The fraction of sp³-hybridized carbons (Fsp3) is 0.143. The lowest BCUT2D eigenvalue weighted by Gasteiger charge is -1.91. The molecule has 3 heteroatoms. The van der Waals surface area contributed by atoms with Crippen molar-refractivity contribution in [3.8, 4) is 0 Å². The lowest BCUT2D eigenvalue weighted by molar-refractivity contribution is 1.05. The molecule has 0 aliphatic carbocycles. The van der Waals surface area contributed by atoms with Crippen LogP contribution in [-0.4, -0.2) is 14.4 Å². The smallest absolute Gasteiger partial charge is 0.140 e. The highest BCUT2D eigenvalue weighted by atomic mass is 15.0. The molecule has 10 heavy (non-hydrogen) atoms. The van der Waals surface area contributed by atoms with E-state index in [1.807, 2.05) is 17.4 Å². The third-order valence-electron chi connectivity index (χ3n) is 1.36. The standard InChI is InChI=1S/C7H6N3/c1-6-4-7-8-2-3-10(7)5-9-6/h3-5H,1H3. The average molecular weight is 132 g/mol. The summed E-state index contributed by atoms with van der Waals surface area (Å²) in [6.45, 7) is 1.94. The van der Waals surface area contributed by atoms with Crippen molar-refractivity contribution in [2.75, 3.05) is 0 Å². The van der Waals surface area contributed by atoms with Gasteiger partial charge in [-0.25, -0.2) is 9.97 Å². The molecule has 2 rings (SSSR count). The van der Waals surface area contributed by atoms with Gasteiger partial charge < -0.3 is 0 Å². The van der Waals surface area contributed by atoms with Gasteiger partial charge >= 0.3 is 0 Å². The summed E-state index contributed by atoms with van der Waals surface area (Å²) in [5.41, 5.74) is 1.87. The van der Waals surface area contributed by atoms with Gasteiger partial charge in [0.2, 0.25) is 0 Å². The molecule has 0 amide bonds. The van der Waals surface area contributed by atoms with Crippen LogP contribution in [0.25, 0.3) is 5.65 Å². The zero-order valence-corrected chi connectivity index (χ0v) is 5.57. The molecule has 3 nitrogen and oxygen atoms in total. The molecule has 0 N–H and O–H groups in total. The topological polar surface area (TPSA) is 30.2 Å². The van der Waals surface area contributed by atoms with Crippen molar-refractivity contribution < 1.29 is 0 Å². The van der Waals surface area contributed by atoms with Gasteiger partial charge in [0.15, 0.2) is 0 Å². The summed E-state index contributed by atoms with van der Waals surface area (Å²) in [6, 6.07) is 1.91. The minimum atomic E-state index is 0.896. The van der Waals surface area contributed by atoms with E-state index >= 15 is 0 Å². The third-order valence-corrected chi connectivity index (χ3v) is 1.36. The molecule has 49 valence electrons. The maximum absolute atomic E-state index is 4.08. The highest BCUT2D eigenvalue weighted by Crippen LogP contribution is 1.98. The predicted octanol–water partition coefficient (Wildman–Crippen LogP) is 0.838. The highest BCUT2D eigenvalue weighted by molar-refractivity contribution is 5.37. The van der Waals surface area contributed by atoms with Crippen LogP contribution >= 0.6 is 0 Å². The van der Waals surface area contributed by atoms with Gasteiger partial charge in [0.1, 0.15) is 18.2 Å². The molecule has 1 radical (unpaired) electrons. The van der Waals surface area contributed by atoms with Gasteiger partial charge in [-0.2, -0.15) is 0 Å². The molecular formula is C7H6N3. The molecule has 0 aliphatic rings. The minimum Gasteiger partial charge on any atom is -0.290 e. The normalized spacial score (nSPS) is 10.5. The Morgan fingerprint density at radius 3 is 3.40 bits per heavy atom. The van der Waals surface area contributed by atoms with E-state index in [-0.39, 0.29) is 0 Å². The average Bonchev–Trinajstić information content (AvgIpc) is 2.33. The van der Waals surface area contributed by atoms with E-state index in [2.05, 4.69) is 16.2 Å². The number of imidazole rings is 1. The van der Waals surface area contributed by atoms with Crippen LogP contribution in [0.15, 0.2) is 18.6 Å². The summed E-state index contributed by atoms with van der Waals surface area (Å²) in [6.07, 6.45) is 6.22. The zero-order valence-electron chi connectivity index (χ0n) is 5.57. The summed E-state index contributed by atoms with van der Waals surface area (Å²) in [5, 5.41) is 0. The van der Waals surface area contributed by atoms with Crippen molar-refractivity contribution in [1.82, 2.24) is 14.4 Å². The van der Waals surface area contributed by atoms with E-state index in [9.17, 15) is 0 Å². The second kappa shape index (κ2) is 1.80. The molecule has 0 aliphatic heterocycles. The summed E-state index contributed by atoms with van der Waals surface area (Å²) in [7, 11) is 0. The molecular weight excluding hydrogens is 126 g/mol. The molecule has 0 spiro atoms. The summed E-state index contributed by atoms with van der Waals surface area (Å²) in [4.78, 5) is 8.06. The molecule has 0 fully saturated rings. The van der Waals surface area contributed by atoms with E-state index in [0.717, 1.165) is 11.3 Å². The second-order valence-electron chi connectivity index (χ2n) is 2.17. The lowest BCUT2D eigenvalue weighted by Crippen LogP contribution is -1.87. The van der Waals surface area contributed by atoms with E-state index in [4.69, 9.17) is 0 Å². The fourth-order valence-electron chi connectivity index (χ4n) is 0.858. The molecule has 2 aromatic heterocycles. The van der Waals surface area contributed by atoms with Gasteiger partial charge in [0.25, 0.3) is 0 Å². The SMILES string of the molecule is Cc1cc2n[c]cn2cn1. The van der Waals surface area contributed by atoms with E-state index in [1.54, 1.807) is 12.5 Å². The molecule has 0 saturated heterocycles. The molecule has 0 aromatic carbocycles. The number of aromatic nitrogens is 3. The van der Waals surface area contributed by atoms with Gasteiger partial charge in [-0.15, -0.1) is 0 Å². The van der Waals surface area contributed by atoms with Gasteiger partial charge in [-0.1, -0.05) is 0 Å². The van der Waals surface area contributed by atoms with Crippen LogP contribution in [0.1, 0.15) is 5.69 Å². The van der Waals surface area contributed by atoms with Crippen LogP contribution in [0.3, 0.4) is 0 Å². The number of nitrogens with zero attached hydrogens (tertiary/aromatic N) is 3. The van der Waals surface area contributed by atoms with Gasteiger partial charge in [-0.05, 0) is 6.92 Å². The van der Waals surface area contributed by atoms with Crippen molar-refractivity contribution in [1.29, 1.82) is 0 Å². The maximum atomic E-state index is 4.08. The first-order valence-electron chi connectivity index (χ1n) is 3.04. The summed E-state index contributed by atoms with van der Waals surface area (Å²) in [5.74, 6) is 0. The second-order valence-corrected chi connectivity index (χ2v) is 2.17. The Hall–Kier alpha value is -1.38. The van der Waals surface area contributed by atoms with Crippen molar-refractivity contribution >= 4 is 5.65 Å². The van der Waals surface area contributed by atoms with Crippen LogP contribution in [-0.2, 0) is 0 Å². The van der Waals surface area contributed by atoms with Crippen molar-refractivity contribution in [3.05, 3.63) is 30.5 Å². The Balaban J connectivity index is 2.86. The number of rotatable bonds is 0. The zero-order chi connectivity index (χ0) is 6.97. The molecule has 0 bridgehead atoms. The molecule has 0 unspecified atom stereocenters. The van der Waals surface area contributed by atoms with Gasteiger partial charge in [-0.3, -0.25) is 4.40 Å². The third kappa shape index (κ3) is 0.673. The number of hydrogen-bond acceptors (Lipinski definition) is 2. The van der Waals surface area contributed by atoms with Crippen molar-refractivity contribution in [2.24, 2.45) is 0 Å². The summed E-state index contributed by atoms with van der Waals surface area (Å²) >= 11 is 0. The predicted molar refractivity (Wildman–Crippen MR) is 36.6 cm³/mol. The number of aryl methyl sites for hydroxylation is 1. The Morgan fingerprint density at radius 2 is 2.50 bits per heavy atom. The van der Waals surface area contributed by atoms with Crippen LogP contribution in [0.2, 0.25) is 0 Å².